The third-order valence-corrected chi connectivity index (χ3v) is 3.73. The Bertz CT molecular complexity index is 523. The van der Waals surface area contributed by atoms with Gasteiger partial charge in [-0.2, -0.15) is 16.8 Å². The summed E-state index contributed by atoms with van der Waals surface area (Å²) in [6.07, 6.45) is 3.00. The van der Waals surface area contributed by atoms with E-state index >= 15 is 0 Å². The van der Waals surface area contributed by atoms with Crippen LogP contribution in [0.4, 0.5) is 0 Å². The van der Waals surface area contributed by atoms with E-state index in [4.69, 9.17) is 8.92 Å². The van der Waals surface area contributed by atoms with Crippen molar-refractivity contribution in [3.63, 3.8) is 0 Å². The van der Waals surface area contributed by atoms with Gasteiger partial charge < -0.3 is 4.74 Å². The van der Waals surface area contributed by atoms with Gasteiger partial charge in [0.15, 0.2) is 0 Å². The Morgan fingerprint density at radius 1 is 1.00 bits per heavy atom. The van der Waals surface area contributed by atoms with Crippen molar-refractivity contribution in [1.82, 2.24) is 0 Å². The van der Waals surface area contributed by atoms with Crippen LogP contribution in [0.25, 0.3) is 0 Å². The van der Waals surface area contributed by atoms with Crippen molar-refractivity contribution < 1.29 is 34.7 Å². The highest BCUT2D eigenvalue weighted by molar-refractivity contribution is 7.86. The highest BCUT2D eigenvalue weighted by Crippen LogP contribution is 2.13. The smallest absolute Gasteiger partial charge is 0.305 e. The van der Waals surface area contributed by atoms with Gasteiger partial charge in [-0.15, -0.1) is 0 Å². The molecule has 0 aromatic rings. The maximum absolute atomic E-state index is 11.2. The number of carbonyl (C=O) groups is 1. The summed E-state index contributed by atoms with van der Waals surface area (Å²) >= 11 is 0. The standard InChI is InChI=1S/C12H24O8S2/c1-4-18-12(13)8-6-5-7-11(20-22(3,16)17)9-10-19-21(2,14)15/h11H,4-10H2,1-3H3/t11-/m1/s1. The predicted molar refractivity (Wildman–Crippen MR) is 80.2 cm³/mol. The molecule has 0 spiro atoms. The van der Waals surface area contributed by atoms with Crippen LogP contribution in [0.1, 0.15) is 39.0 Å². The van der Waals surface area contributed by atoms with Crippen molar-refractivity contribution in [3.05, 3.63) is 0 Å². The van der Waals surface area contributed by atoms with Gasteiger partial charge in [-0.05, 0) is 26.2 Å². The molecule has 1 atom stereocenters. The molecule has 0 aromatic carbocycles. The summed E-state index contributed by atoms with van der Waals surface area (Å²) < 4.78 is 58.3. The summed E-state index contributed by atoms with van der Waals surface area (Å²) in [5.41, 5.74) is 0. The van der Waals surface area contributed by atoms with Gasteiger partial charge >= 0.3 is 5.97 Å². The first-order valence-corrected chi connectivity index (χ1v) is 10.5. The Hall–Kier alpha value is -0.710. The van der Waals surface area contributed by atoms with Gasteiger partial charge in [0.05, 0.1) is 31.8 Å². The summed E-state index contributed by atoms with van der Waals surface area (Å²) in [7, 11) is -7.22. The average molecular weight is 360 g/mol. The minimum Gasteiger partial charge on any atom is -0.466 e. The third-order valence-electron chi connectivity index (χ3n) is 2.51. The van der Waals surface area contributed by atoms with E-state index in [0.717, 1.165) is 12.5 Å². The van der Waals surface area contributed by atoms with E-state index in [1.165, 1.54) is 0 Å². The highest BCUT2D eigenvalue weighted by atomic mass is 32.2. The van der Waals surface area contributed by atoms with Gasteiger partial charge in [-0.25, -0.2) is 0 Å². The monoisotopic (exact) mass is 360 g/mol. The normalized spacial score (nSPS) is 13.8. The van der Waals surface area contributed by atoms with Gasteiger partial charge in [-0.3, -0.25) is 13.2 Å². The molecule has 22 heavy (non-hydrogen) atoms. The maximum atomic E-state index is 11.2. The van der Waals surface area contributed by atoms with E-state index < -0.39 is 26.3 Å². The van der Waals surface area contributed by atoms with Crippen LogP contribution in [0, 0.1) is 0 Å². The second kappa shape index (κ2) is 10.1. The Morgan fingerprint density at radius 2 is 1.64 bits per heavy atom. The topological polar surface area (TPSA) is 113 Å². The van der Waals surface area contributed by atoms with Gasteiger partial charge in [0.2, 0.25) is 0 Å². The molecule has 0 aliphatic rings. The number of unbranched alkanes of at least 4 members (excludes halogenated alkanes) is 1. The first-order chi connectivity index (χ1) is 10.0. The van der Waals surface area contributed by atoms with Crippen LogP contribution < -0.4 is 0 Å². The SMILES string of the molecule is CCOC(=O)CCCC[C@H](CCOS(C)(=O)=O)OS(C)(=O)=O. The van der Waals surface area contributed by atoms with Crippen LogP contribution in [0.3, 0.4) is 0 Å². The van der Waals surface area contributed by atoms with E-state index in [0.29, 0.717) is 25.9 Å². The van der Waals surface area contributed by atoms with Crippen LogP contribution in [0.15, 0.2) is 0 Å². The zero-order valence-corrected chi connectivity index (χ0v) is 14.7. The Kier molecular flexibility index (Phi) is 9.81. The van der Waals surface area contributed by atoms with Crippen molar-refractivity contribution in [3.8, 4) is 0 Å². The summed E-state index contributed by atoms with van der Waals surface area (Å²) in [4.78, 5) is 11.2. The second-order valence-electron chi connectivity index (χ2n) is 4.79. The minimum atomic E-state index is -3.65. The van der Waals surface area contributed by atoms with Crippen molar-refractivity contribution in [2.45, 2.75) is 45.1 Å². The zero-order chi connectivity index (χ0) is 17.2. The fourth-order valence-electron chi connectivity index (χ4n) is 1.69. The molecule has 0 amide bonds. The van der Waals surface area contributed by atoms with E-state index in [-0.39, 0.29) is 25.4 Å². The van der Waals surface area contributed by atoms with Gasteiger partial charge in [-0.1, -0.05) is 6.42 Å². The fourth-order valence-corrected chi connectivity index (χ4v) is 2.78. The van der Waals surface area contributed by atoms with E-state index in [2.05, 4.69) is 4.18 Å². The predicted octanol–water partition coefficient (Wildman–Crippen LogP) is 0.821. The van der Waals surface area contributed by atoms with Gasteiger partial charge in [0.1, 0.15) is 0 Å². The van der Waals surface area contributed by atoms with Crippen LogP contribution in [0.5, 0.6) is 0 Å². The molecule has 0 aliphatic heterocycles. The number of esters is 1. The van der Waals surface area contributed by atoms with Crippen LogP contribution in [-0.2, 0) is 38.1 Å². The molecule has 132 valence electrons. The molecule has 0 heterocycles. The van der Waals surface area contributed by atoms with Gasteiger partial charge in [0.25, 0.3) is 20.2 Å². The zero-order valence-electron chi connectivity index (χ0n) is 13.1. The molecule has 0 rings (SSSR count). The fraction of sp³-hybridized carbons (Fsp3) is 0.917. The largest absolute Gasteiger partial charge is 0.466 e. The molecule has 0 fully saturated rings. The summed E-state index contributed by atoms with van der Waals surface area (Å²) in [6, 6.07) is 0. The minimum absolute atomic E-state index is 0.125. The number of ether oxygens (including phenoxy) is 1. The first kappa shape index (κ1) is 21.3. The molecule has 0 aromatic heterocycles. The molecule has 0 unspecified atom stereocenters. The lowest BCUT2D eigenvalue weighted by Gasteiger charge is -2.15. The number of hydrogen-bond donors (Lipinski definition) is 0. The summed E-state index contributed by atoms with van der Waals surface area (Å²) in [6.45, 7) is 1.88. The lowest BCUT2D eigenvalue weighted by atomic mass is 10.1. The molecule has 0 N–H and O–H groups in total. The second-order valence-corrected chi connectivity index (χ2v) is 8.03. The van der Waals surface area contributed by atoms with Gasteiger partial charge in [0, 0.05) is 6.42 Å². The first-order valence-electron chi connectivity index (χ1n) is 6.91. The summed E-state index contributed by atoms with van der Waals surface area (Å²) in [5.74, 6) is -0.302. The van der Waals surface area contributed by atoms with Crippen LogP contribution >= 0.6 is 0 Å². The van der Waals surface area contributed by atoms with Crippen LogP contribution in [0.2, 0.25) is 0 Å². The van der Waals surface area contributed by atoms with Crippen molar-refractivity contribution in [1.29, 1.82) is 0 Å². The quantitative estimate of drug-likeness (QED) is 0.285. The molecular weight excluding hydrogens is 336 g/mol. The molecule has 0 saturated carbocycles. The van der Waals surface area contributed by atoms with E-state index in [9.17, 15) is 21.6 Å². The summed E-state index contributed by atoms with van der Waals surface area (Å²) in [5, 5.41) is 0. The lowest BCUT2D eigenvalue weighted by Crippen LogP contribution is -2.20. The Balaban J connectivity index is 4.22. The molecular formula is C12H24O8S2. The molecule has 0 radical (unpaired) electrons. The third kappa shape index (κ3) is 14.2. The highest BCUT2D eigenvalue weighted by Gasteiger charge is 2.17. The van der Waals surface area contributed by atoms with Crippen molar-refractivity contribution in [2.24, 2.45) is 0 Å². The Labute approximate surface area is 132 Å². The van der Waals surface area contributed by atoms with Crippen molar-refractivity contribution in [2.75, 3.05) is 25.7 Å². The molecule has 0 saturated heterocycles. The molecule has 0 bridgehead atoms. The van der Waals surface area contributed by atoms with E-state index in [1.807, 2.05) is 0 Å². The van der Waals surface area contributed by atoms with Crippen molar-refractivity contribution >= 4 is 26.2 Å². The maximum Gasteiger partial charge on any atom is 0.305 e. The molecule has 8 nitrogen and oxygen atoms in total. The molecule has 0 aliphatic carbocycles. The van der Waals surface area contributed by atoms with Crippen LogP contribution in [-0.4, -0.2) is 54.6 Å². The number of carbonyl (C=O) groups excluding carboxylic acids is 1. The number of rotatable bonds is 12. The Morgan fingerprint density at radius 3 is 2.14 bits per heavy atom. The molecule has 10 heteroatoms. The average Bonchev–Trinajstić information content (AvgIpc) is 2.31. The number of hydrogen-bond acceptors (Lipinski definition) is 8. The lowest BCUT2D eigenvalue weighted by molar-refractivity contribution is -0.143. The van der Waals surface area contributed by atoms with E-state index in [1.54, 1.807) is 6.92 Å².